The second kappa shape index (κ2) is 29.4. The van der Waals surface area contributed by atoms with Gasteiger partial charge >= 0.3 is 0 Å². The Balaban J connectivity index is 1.05. The van der Waals surface area contributed by atoms with Crippen molar-refractivity contribution in [3.8, 4) is 0 Å². The molecule has 0 fully saturated rings. The fourth-order valence-electron chi connectivity index (χ4n) is 8.33. The van der Waals surface area contributed by atoms with Crippen molar-refractivity contribution in [1.29, 1.82) is 0 Å². The maximum absolute atomic E-state index is 14.4. The first-order valence-electron chi connectivity index (χ1n) is 26.1. The third-order valence-electron chi connectivity index (χ3n) is 12.6. The molecule has 18 heteroatoms. The molecule has 0 bridgehead atoms. The molecule has 9 atom stereocenters. The Labute approximate surface area is 434 Å². The van der Waals surface area contributed by atoms with Crippen molar-refractivity contribution in [2.24, 2.45) is 0 Å². The summed E-state index contributed by atoms with van der Waals surface area (Å²) >= 11 is 0. The summed E-state index contributed by atoms with van der Waals surface area (Å²) < 4.78 is 59.1. The van der Waals surface area contributed by atoms with E-state index in [2.05, 4.69) is 12.2 Å². The quantitative estimate of drug-likeness (QED) is 0.0161. The van der Waals surface area contributed by atoms with E-state index >= 15 is 0 Å². The number of nitrogens with zero attached hydrogens (tertiary/aromatic N) is 1. The monoisotopic (exact) mass is 1030 g/mol. The third kappa shape index (κ3) is 16.6. The van der Waals surface area contributed by atoms with Gasteiger partial charge in [0.2, 0.25) is 0 Å². The lowest BCUT2D eigenvalue weighted by Gasteiger charge is -2.23. The van der Waals surface area contributed by atoms with Crippen LogP contribution in [0.3, 0.4) is 0 Å². The lowest BCUT2D eigenvalue weighted by atomic mass is 9.96. The number of methoxy groups -OCH3 is 1. The molecule has 1 aromatic heterocycles. The van der Waals surface area contributed by atoms with Crippen LogP contribution < -0.4 is 38.8 Å². The zero-order chi connectivity index (χ0) is 54.1. The Morgan fingerprint density at radius 3 is 1.35 bits per heavy atom. The number of rotatable bonds is 35. The summed E-state index contributed by atoms with van der Waals surface area (Å²) in [7, 11) is 1.64. The van der Waals surface area contributed by atoms with E-state index in [4.69, 9.17) is 58.8 Å². The van der Waals surface area contributed by atoms with Gasteiger partial charge in [-0.3, -0.25) is 23.7 Å². The minimum Gasteiger partial charge on any atom is -0.397 e. The molecule has 0 aliphatic rings. The summed E-state index contributed by atoms with van der Waals surface area (Å²) in [4.78, 5) is 56.5. The van der Waals surface area contributed by atoms with Gasteiger partial charge in [-0.25, -0.2) is 0 Å². The highest BCUT2D eigenvalue weighted by Crippen LogP contribution is 2.34. The maximum atomic E-state index is 14.4. The molecule has 0 saturated carbocycles. The number of nitrogen functional groups attached to an aromatic ring is 2. The molecule has 1 heterocycles. The highest BCUT2D eigenvalue weighted by molar-refractivity contribution is 6.21. The fourth-order valence-corrected chi connectivity index (χ4v) is 8.33. The van der Waals surface area contributed by atoms with Crippen LogP contribution in [-0.2, 0) is 53.8 Å². The van der Waals surface area contributed by atoms with Crippen LogP contribution in [0, 0.1) is 0 Å². The molecule has 410 valence electrons. The molecular weight excluding hydrogens is 953 g/mol. The van der Waals surface area contributed by atoms with Gasteiger partial charge in [0.15, 0.2) is 10.9 Å². The topological polar surface area (TPSA) is 230 Å². The van der Waals surface area contributed by atoms with Gasteiger partial charge in [-0.15, -0.1) is 0 Å². The molecule has 74 heavy (non-hydrogen) atoms. The third-order valence-corrected chi connectivity index (χ3v) is 12.6. The second-order valence-electron chi connectivity index (χ2n) is 19.7. The number of aryl methyl sites for hydroxylation is 1. The highest BCUT2D eigenvalue weighted by Gasteiger charge is 2.28. The minimum atomic E-state index is -0.763. The predicted octanol–water partition coefficient (Wildman–Crippen LogP) is 6.98. The van der Waals surface area contributed by atoms with Crippen molar-refractivity contribution in [2.75, 3.05) is 96.6 Å². The van der Waals surface area contributed by atoms with E-state index in [1.165, 1.54) is 11.6 Å². The zero-order valence-corrected chi connectivity index (χ0v) is 45.5. The molecule has 5 rings (SSSR count). The Morgan fingerprint density at radius 2 is 0.919 bits per heavy atom. The van der Waals surface area contributed by atoms with Crippen molar-refractivity contribution in [3.63, 3.8) is 0 Å². The molecule has 0 amide bonds. The molecular formula is C56H82N4O14. The molecule has 0 radical (unpaired) electrons. The number of aromatic nitrogens is 1. The number of nitrogens with one attached hydrogen (secondary N) is 1. The normalized spacial score (nSPS) is 15.8. The summed E-state index contributed by atoms with van der Waals surface area (Å²) in [5, 5.41) is 2.72. The smallest absolute Gasteiger partial charge is 0.264 e. The number of ether oxygens (including phenoxy) is 10. The Morgan fingerprint density at radius 1 is 0.500 bits per heavy atom. The number of unbranched alkanes of at least 4 members (excludes halogenated alkanes) is 1. The first-order chi connectivity index (χ1) is 35.4. The van der Waals surface area contributed by atoms with Gasteiger partial charge < -0.3 is 64.2 Å². The summed E-state index contributed by atoms with van der Waals surface area (Å²) in [5.41, 5.74) is 12.4. The van der Waals surface area contributed by atoms with Crippen molar-refractivity contribution < 1.29 is 47.4 Å². The van der Waals surface area contributed by atoms with Crippen LogP contribution in [0.25, 0.3) is 32.3 Å². The van der Waals surface area contributed by atoms with E-state index in [1.54, 1.807) is 26.2 Å². The zero-order valence-electron chi connectivity index (χ0n) is 45.5. The van der Waals surface area contributed by atoms with Crippen LogP contribution in [0.2, 0.25) is 0 Å². The Kier molecular flexibility index (Phi) is 23.9. The lowest BCUT2D eigenvalue weighted by molar-refractivity contribution is -0.110. The number of hydrogen-bond acceptors (Lipinski definition) is 17. The number of nitrogens with two attached hydrogens (primary N) is 2. The average Bonchev–Trinajstić information content (AvgIpc) is 3.66. The predicted molar refractivity (Wildman–Crippen MR) is 292 cm³/mol. The molecule has 0 spiro atoms. The van der Waals surface area contributed by atoms with E-state index in [9.17, 15) is 19.2 Å². The van der Waals surface area contributed by atoms with E-state index in [1.807, 2.05) is 79.7 Å². The van der Waals surface area contributed by atoms with Crippen LogP contribution in [0.4, 0.5) is 22.7 Å². The van der Waals surface area contributed by atoms with Gasteiger partial charge in [-0.05, 0) is 98.9 Å². The average molecular weight is 1040 g/mol. The van der Waals surface area contributed by atoms with Crippen LogP contribution in [0.15, 0.2) is 61.6 Å². The summed E-state index contributed by atoms with van der Waals surface area (Å²) in [6.45, 7) is 23.4. The lowest BCUT2D eigenvalue weighted by Crippen LogP contribution is -2.33. The van der Waals surface area contributed by atoms with Gasteiger partial charge in [0, 0.05) is 18.2 Å². The number of hydrogen-bond donors (Lipinski definition) is 3. The van der Waals surface area contributed by atoms with Crippen molar-refractivity contribution >= 4 is 55.1 Å². The molecule has 9 unspecified atom stereocenters. The SMILES string of the molecule is CCCCc1ccc(Nc2cccc3c(=O)c4c(N)c5c(=O)n(C(C)COC(C)COC(C)COC(C)COC(C)COC(C)COC(C)COC(C)COC(C)COCCOC)c(=O)c5c(N)c4c(=O)c23)cc1. The van der Waals surface area contributed by atoms with Gasteiger partial charge in [-0.2, -0.15) is 0 Å². The maximum Gasteiger partial charge on any atom is 0.264 e. The van der Waals surface area contributed by atoms with Crippen LogP contribution in [0.5, 0.6) is 0 Å². The van der Waals surface area contributed by atoms with Crippen molar-refractivity contribution in [1.82, 2.24) is 4.57 Å². The first kappa shape index (κ1) is 60.0. The summed E-state index contributed by atoms with van der Waals surface area (Å²) in [6.07, 6.45) is 1.68. The fraction of sp³-hybridized carbons (Fsp3) is 0.607. The Hall–Kier alpha value is -4.86. The molecule has 0 saturated heterocycles. The van der Waals surface area contributed by atoms with Gasteiger partial charge in [-0.1, -0.05) is 37.6 Å². The van der Waals surface area contributed by atoms with E-state index in [0.717, 1.165) is 29.5 Å². The van der Waals surface area contributed by atoms with Gasteiger partial charge in [0.25, 0.3) is 11.1 Å². The number of anilines is 4. The van der Waals surface area contributed by atoms with Crippen molar-refractivity contribution in [3.05, 3.63) is 89.2 Å². The molecule has 4 aromatic carbocycles. The first-order valence-corrected chi connectivity index (χ1v) is 26.1. The molecule has 5 N–H and O–H groups in total. The van der Waals surface area contributed by atoms with E-state index < -0.39 is 34.1 Å². The minimum absolute atomic E-state index is 0.0302. The van der Waals surface area contributed by atoms with E-state index in [-0.39, 0.29) is 99.6 Å². The summed E-state index contributed by atoms with van der Waals surface area (Å²) in [5.74, 6) is 0. The van der Waals surface area contributed by atoms with Crippen LogP contribution in [0.1, 0.15) is 93.7 Å². The number of benzene rings is 4. The molecule has 18 nitrogen and oxygen atoms in total. The van der Waals surface area contributed by atoms with Gasteiger partial charge in [0.05, 0.1) is 172 Å². The van der Waals surface area contributed by atoms with Gasteiger partial charge in [0.1, 0.15) is 0 Å². The Bertz CT molecular complexity index is 2740. The van der Waals surface area contributed by atoms with Crippen molar-refractivity contribution in [2.45, 2.75) is 143 Å². The molecule has 0 aliphatic carbocycles. The van der Waals surface area contributed by atoms with Crippen LogP contribution >= 0.6 is 0 Å². The van der Waals surface area contributed by atoms with E-state index in [0.29, 0.717) is 65.1 Å². The largest absolute Gasteiger partial charge is 0.397 e. The molecule has 5 aromatic rings. The standard InChI is InChI=1S/C56H82N4O14/c1-12-13-15-42-18-20-43(21-19-42)59-45-17-14-16-44-46(45)54(62)48-47(53(44)61)51(57)49-50(52(48)58)56(64)60(55(49)63)33(2)24-67-35(4)26-69-37(6)28-71-39(8)30-73-41(10)32-74-40(9)31-72-38(7)29-70-36(5)27-68-34(3)25-66-23-22-65-11/h14,16-21,33-41,59H,12-13,15,22-32,57-58H2,1-11H3. The number of fused-ring (bicyclic) bond motifs is 3. The molecule has 0 aliphatic heterocycles. The highest BCUT2D eigenvalue weighted by atomic mass is 16.6. The summed E-state index contributed by atoms with van der Waals surface area (Å²) in [6, 6.07) is 12.0. The second-order valence-corrected chi connectivity index (χ2v) is 19.7. The van der Waals surface area contributed by atoms with Crippen LogP contribution in [-0.4, -0.2) is 133 Å².